The number of ketones is 1. The molecule has 0 aliphatic carbocycles. The molecule has 2 aromatic rings. The summed E-state index contributed by atoms with van der Waals surface area (Å²) in [5.41, 5.74) is 2.28. The molecule has 2 rings (SSSR count). The van der Waals surface area contributed by atoms with Gasteiger partial charge in [-0.15, -0.1) is 0 Å². The molecule has 0 heterocycles. The van der Waals surface area contributed by atoms with Crippen LogP contribution in [0.5, 0.6) is 0 Å². The van der Waals surface area contributed by atoms with Gasteiger partial charge in [0.25, 0.3) is 0 Å². The van der Waals surface area contributed by atoms with Crippen molar-refractivity contribution in [2.75, 3.05) is 0 Å². The summed E-state index contributed by atoms with van der Waals surface area (Å²) in [4.78, 5) is 12.2. The first-order valence-corrected chi connectivity index (χ1v) is 5.80. The van der Waals surface area contributed by atoms with E-state index >= 15 is 0 Å². The summed E-state index contributed by atoms with van der Waals surface area (Å²) in [6, 6.07) is 19.0. The second-order valence-corrected chi connectivity index (χ2v) is 3.91. The number of benzene rings is 2. The van der Waals surface area contributed by atoms with Gasteiger partial charge in [0.1, 0.15) is 0 Å². The molecule has 0 aromatic heterocycles. The van der Waals surface area contributed by atoms with Crippen molar-refractivity contribution in [1.82, 2.24) is 0 Å². The summed E-state index contributed by atoms with van der Waals surface area (Å²) >= 11 is 0. The van der Waals surface area contributed by atoms with Crippen molar-refractivity contribution in [3.05, 3.63) is 90.0 Å². The Labute approximate surface area is 107 Å². The maximum absolute atomic E-state index is 12.2. The van der Waals surface area contributed by atoms with E-state index in [0.717, 1.165) is 5.56 Å². The highest BCUT2D eigenvalue weighted by atomic mass is 16.1. The summed E-state index contributed by atoms with van der Waals surface area (Å²) in [6.45, 7) is 3.71. The predicted molar refractivity (Wildman–Crippen MR) is 75.4 cm³/mol. The summed E-state index contributed by atoms with van der Waals surface area (Å²) in [5, 5.41) is 0. The van der Waals surface area contributed by atoms with Crippen LogP contribution in [0, 0.1) is 0 Å². The van der Waals surface area contributed by atoms with E-state index in [1.165, 1.54) is 0 Å². The maximum atomic E-state index is 12.2. The van der Waals surface area contributed by atoms with E-state index < -0.39 is 0 Å². The largest absolute Gasteiger partial charge is 0.289 e. The van der Waals surface area contributed by atoms with Gasteiger partial charge in [-0.05, 0) is 11.6 Å². The molecule has 0 spiro atoms. The van der Waals surface area contributed by atoms with Gasteiger partial charge in [0.2, 0.25) is 0 Å². The summed E-state index contributed by atoms with van der Waals surface area (Å²) in [6.07, 6.45) is 3.45. The van der Waals surface area contributed by atoms with E-state index in [2.05, 4.69) is 6.58 Å². The third kappa shape index (κ3) is 2.83. The zero-order valence-corrected chi connectivity index (χ0v) is 10.0. The van der Waals surface area contributed by atoms with Gasteiger partial charge in [-0.2, -0.15) is 0 Å². The molecule has 1 nitrogen and oxygen atoms in total. The minimum absolute atomic E-state index is 0.00514. The average Bonchev–Trinajstić information content (AvgIpc) is 2.46. The Bertz CT molecular complexity index is 565. The van der Waals surface area contributed by atoms with Crippen molar-refractivity contribution < 1.29 is 4.79 Å². The van der Waals surface area contributed by atoms with Crippen molar-refractivity contribution in [2.24, 2.45) is 0 Å². The minimum atomic E-state index is -0.00514. The molecule has 0 radical (unpaired) electrons. The number of allylic oxidation sites excluding steroid dienone is 2. The molecular formula is C17H14O. The molecule has 0 amide bonds. The van der Waals surface area contributed by atoms with Crippen LogP contribution < -0.4 is 0 Å². The Morgan fingerprint density at radius 2 is 1.44 bits per heavy atom. The van der Waals surface area contributed by atoms with Crippen molar-refractivity contribution in [3.8, 4) is 0 Å². The topological polar surface area (TPSA) is 17.1 Å². The third-order valence-electron chi connectivity index (χ3n) is 2.64. The highest BCUT2D eigenvalue weighted by molar-refractivity contribution is 6.13. The Kier molecular flexibility index (Phi) is 3.87. The lowest BCUT2D eigenvalue weighted by Crippen LogP contribution is -2.00. The minimum Gasteiger partial charge on any atom is -0.289 e. The van der Waals surface area contributed by atoms with Crippen LogP contribution in [-0.2, 0) is 0 Å². The van der Waals surface area contributed by atoms with Gasteiger partial charge < -0.3 is 0 Å². The first-order valence-electron chi connectivity index (χ1n) is 5.80. The van der Waals surface area contributed by atoms with E-state index in [1.54, 1.807) is 6.08 Å². The van der Waals surface area contributed by atoms with Gasteiger partial charge in [-0.1, -0.05) is 73.3 Å². The lowest BCUT2D eigenvalue weighted by molar-refractivity contribution is 0.103. The molecule has 2 aromatic carbocycles. The second-order valence-electron chi connectivity index (χ2n) is 3.91. The summed E-state index contributed by atoms with van der Waals surface area (Å²) in [7, 11) is 0. The van der Waals surface area contributed by atoms with Gasteiger partial charge in [-0.25, -0.2) is 0 Å². The van der Waals surface area contributed by atoms with E-state index in [1.807, 2.05) is 66.7 Å². The fourth-order valence-electron chi connectivity index (χ4n) is 1.70. The molecular weight excluding hydrogens is 220 g/mol. The zero-order valence-electron chi connectivity index (χ0n) is 10.0. The molecule has 0 N–H and O–H groups in total. The highest BCUT2D eigenvalue weighted by Crippen LogP contribution is 2.13. The number of carbonyl (C=O) groups is 1. The number of hydrogen-bond donors (Lipinski definition) is 0. The molecule has 0 unspecified atom stereocenters. The standard InChI is InChI=1S/C17H14O/c1-2-15(13-14-9-5-3-6-10-14)17(18)16-11-7-4-8-12-16/h2-13H,1H2. The lowest BCUT2D eigenvalue weighted by atomic mass is 10.0. The molecule has 0 saturated carbocycles. The first kappa shape index (κ1) is 12.1. The van der Waals surface area contributed by atoms with E-state index in [-0.39, 0.29) is 5.78 Å². The van der Waals surface area contributed by atoms with Crippen molar-refractivity contribution in [2.45, 2.75) is 0 Å². The Hall–Kier alpha value is -2.41. The molecule has 0 aliphatic heterocycles. The monoisotopic (exact) mass is 234 g/mol. The smallest absolute Gasteiger partial charge is 0.193 e. The molecule has 0 saturated heterocycles. The van der Waals surface area contributed by atoms with Crippen molar-refractivity contribution >= 4 is 11.9 Å². The molecule has 18 heavy (non-hydrogen) atoms. The first-order chi connectivity index (χ1) is 8.81. The Balaban J connectivity index is 2.33. The lowest BCUT2D eigenvalue weighted by Gasteiger charge is -2.02. The number of rotatable bonds is 4. The molecule has 0 bridgehead atoms. The zero-order chi connectivity index (χ0) is 12.8. The van der Waals surface area contributed by atoms with Crippen LogP contribution in [0.1, 0.15) is 15.9 Å². The molecule has 88 valence electrons. The van der Waals surface area contributed by atoms with E-state index in [9.17, 15) is 4.79 Å². The Morgan fingerprint density at radius 1 is 0.889 bits per heavy atom. The summed E-state index contributed by atoms with van der Waals surface area (Å²) in [5.74, 6) is -0.00514. The van der Waals surface area contributed by atoms with Gasteiger partial charge in [0.05, 0.1) is 0 Å². The third-order valence-corrected chi connectivity index (χ3v) is 2.64. The molecule has 0 fully saturated rings. The van der Waals surface area contributed by atoms with Gasteiger partial charge >= 0.3 is 0 Å². The fraction of sp³-hybridized carbons (Fsp3) is 0. The van der Waals surface area contributed by atoms with Crippen LogP contribution in [0.3, 0.4) is 0 Å². The number of Topliss-reactive ketones (excluding diaryl/α,β-unsaturated/α-hetero) is 1. The van der Waals surface area contributed by atoms with Crippen LogP contribution in [0.2, 0.25) is 0 Å². The van der Waals surface area contributed by atoms with Crippen LogP contribution >= 0.6 is 0 Å². The maximum Gasteiger partial charge on any atom is 0.193 e. The van der Waals surface area contributed by atoms with Crippen LogP contribution in [-0.4, -0.2) is 5.78 Å². The Morgan fingerprint density at radius 3 is 2.00 bits per heavy atom. The quantitative estimate of drug-likeness (QED) is 0.441. The van der Waals surface area contributed by atoms with Crippen LogP contribution in [0.25, 0.3) is 6.08 Å². The van der Waals surface area contributed by atoms with Crippen molar-refractivity contribution in [1.29, 1.82) is 0 Å². The molecule has 0 aliphatic rings. The highest BCUT2D eigenvalue weighted by Gasteiger charge is 2.08. The SMILES string of the molecule is C=CC(=Cc1ccccc1)C(=O)c1ccccc1. The molecule has 1 heteroatoms. The number of carbonyl (C=O) groups excluding carboxylic acids is 1. The second kappa shape index (κ2) is 5.78. The van der Waals surface area contributed by atoms with Crippen molar-refractivity contribution in [3.63, 3.8) is 0 Å². The van der Waals surface area contributed by atoms with Gasteiger partial charge in [0, 0.05) is 11.1 Å². The van der Waals surface area contributed by atoms with E-state index in [4.69, 9.17) is 0 Å². The fourth-order valence-corrected chi connectivity index (χ4v) is 1.70. The normalized spacial score (nSPS) is 11.0. The van der Waals surface area contributed by atoms with Gasteiger partial charge in [0.15, 0.2) is 5.78 Å². The van der Waals surface area contributed by atoms with E-state index in [0.29, 0.717) is 11.1 Å². The predicted octanol–water partition coefficient (Wildman–Crippen LogP) is 4.14. The average molecular weight is 234 g/mol. The summed E-state index contributed by atoms with van der Waals surface area (Å²) < 4.78 is 0. The van der Waals surface area contributed by atoms with Crippen LogP contribution in [0.15, 0.2) is 78.9 Å². The van der Waals surface area contributed by atoms with Gasteiger partial charge in [-0.3, -0.25) is 4.79 Å². The molecule has 0 atom stereocenters. The number of hydrogen-bond acceptors (Lipinski definition) is 1. The van der Waals surface area contributed by atoms with Crippen LogP contribution in [0.4, 0.5) is 0 Å².